The van der Waals surface area contributed by atoms with Crippen molar-refractivity contribution in [3.05, 3.63) is 58.8 Å². The first kappa shape index (κ1) is 11.7. The standard InChI is InChI=1S/C12H9BrClFO/c13-10(9-5-6-16-12(9)14)7-8-3-1-2-4-11(8)15/h1-6,10H,7H2. The second kappa shape index (κ2) is 5.02. The van der Waals surface area contributed by atoms with Crippen molar-refractivity contribution < 1.29 is 8.81 Å². The van der Waals surface area contributed by atoms with Crippen molar-refractivity contribution in [3.63, 3.8) is 0 Å². The number of alkyl halides is 1. The largest absolute Gasteiger partial charge is 0.453 e. The summed E-state index contributed by atoms with van der Waals surface area (Å²) in [6.45, 7) is 0. The molecule has 4 heteroatoms. The number of hydrogen-bond donors (Lipinski definition) is 0. The normalized spacial score (nSPS) is 12.7. The molecule has 0 spiro atoms. The lowest BCUT2D eigenvalue weighted by atomic mass is 10.1. The van der Waals surface area contributed by atoms with Crippen LogP contribution in [0.4, 0.5) is 4.39 Å². The zero-order valence-corrected chi connectivity index (χ0v) is 10.6. The second-order valence-electron chi connectivity index (χ2n) is 3.41. The molecule has 0 aliphatic rings. The van der Waals surface area contributed by atoms with E-state index in [1.165, 1.54) is 12.3 Å². The maximum absolute atomic E-state index is 13.4. The van der Waals surface area contributed by atoms with E-state index in [1.807, 2.05) is 6.07 Å². The predicted molar refractivity (Wildman–Crippen MR) is 65.5 cm³/mol. The molecule has 2 rings (SSSR count). The Hall–Kier alpha value is -0.800. The number of rotatable bonds is 3. The van der Waals surface area contributed by atoms with Gasteiger partial charge in [-0.05, 0) is 35.7 Å². The summed E-state index contributed by atoms with van der Waals surface area (Å²) in [7, 11) is 0. The number of hydrogen-bond acceptors (Lipinski definition) is 1. The maximum Gasteiger partial charge on any atom is 0.197 e. The van der Waals surface area contributed by atoms with Crippen LogP contribution in [0.5, 0.6) is 0 Å². The van der Waals surface area contributed by atoms with Gasteiger partial charge in [-0.2, -0.15) is 0 Å². The van der Waals surface area contributed by atoms with E-state index in [2.05, 4.69) is 15.9 Å². The van der Waals surface area contributed by atoms with Gasteiger partial charge in [0.1, 0.15) is 5.82 Å². The number of halogens is 3. The monoisotopic (exact) mass is 302 g/mol. The Morgan fingerprint density at radius 2 is 2.06 bits per heavy atom. The molecule has 1 aromatic heterocycles. The van der Waals surface area contributed by atoms with Crippen LogP contribution in [0.3, 0.4) is 0 Å². The summed E-state index contributed by atoms with van der Waals surface area (Å²) < 4.78 is 18.4. The fourth-order valence-electron chi connectivity index (χ4n) is 1.50. The molecule has 2 aromatic rings. The summed E-state index contributed by atoms with van der Waals surface area (Å²) in [6, 6.07) is 8.48. The van der Waals surface area contributed by atoms with E-state index in [0.717, 1.165) is 5.56 Å². The van der Waals surface area contributed by atoms with Gasteiger partial charge in [-0.3, -0.25) is 0 Å². The molecule has 1 aromatic carbocycles. The minimum atomic E-state index is -0.202. The first-order chi connectivity index (χ1) is 7.68. The van der Waals surface area contributed by atoms with E-state index in [4.69, 9.17) is 16.0 Å². The zero-order valence-electron chi connectivity index (χ0n) is 8.29. The van der Waals surface area contributed by atoms with Crippen LogP contribution in [0.1, 0.15) is 16.0 Å². The van der Waals surface area contributed by atoms with Crippen molar-refractivity contribution in [1.29, 1.82) is 0 Å². The maximum atomic E-state index is 13.4. The lowest BCUT2D eigenvalue weighted by Gasteiger charge is -2.08. The molecule has 0 fully saturated rings. The van der Waals surface area contributed by atoms with Crippen LogP contribution < -0.4 is 0 Å². The molecule has 0 aliphatic carbocycles. The quantitative estimate of drug-likeness (QED) is 0.746. The average molecular weight is 304 g/mol. The van der Waals surface area contributed by atoms with Gasteiger partial charge in [0.25, 0.3) is 0 Å². The Balaban J connectivity index is 2.17. The van der Waals surface area contributed by atoms with Crippen LogP contribution in [-0.4, -0.2) is 0 Å². The van der Waals surface area contributed by atoms with Crippen molar-refractivity contribution in [1.82, 2.24) is 0 Å². The van der Waals surface area contributed by atoms with Gasteiger partial charge in [-0.15, -0.1) is 0 Å². The molecule has 0 N–H and O–H groups in total. The van der Waals surface area contributed by atoms with Crippen LogP contribution in [-0.2, 0) is 6.42 Å². The second-order valence-corrected chi connectivity index (χ2v) is 4.86. The fraction of sp³-hybridized carbons (Fsp3) is 0.167. The fourth-order valence-corrected chi connectivity index (χ4v) is 2.58. The SMILES string of the molecule is Fc1ccccc1CC(Br)c1ccoc1Cl. The lowest BCUT2D eigenvalue weighted by Crippen LogP contribution is -1.97. The average Bonchev–Trinajstić information content (AvgIpc) is 2.68. The van der Waals surface area contributed by atoms with Gasteiger partial charge in [0, 0.05) is 10.4 Å². The Labute approximate surface area is 106 Å². The molecular weight excluding hydrogens is 294 g/mol. The van der Waals surface area contributed by atoms with Crippen LogP contribution >= 0.6 is 27.5 Å². The van der Waals surface area contributed by atoms with Crippen molar-refractivity contribution in [2.75, 3.05) is 0 Å². The summed E-state index contributed by atoms with van der Waals surface area (Å²) >= 11 is 9.33. The van der Waals surface area contributed by atoms with Crippen LogP contribution in [0, 0.1) is 5.82 Å². The van der Waals surface area contributed by atoms with Crippen molar-refractivity contribution in [2.45, 2.75) is 11.2 Å². The molecule has 0 radical (unpaired) electrons. The Morgan fingerprint density at radius 3 is 2.69 bits per heavy atom. The van der Waals surface area contributed by atoms with Crippen molar-refractivity contribution >= 4 is 27.5 Å². The molecule has 84 valence electrons. The third-order valence-electron chi connectivity index (χ3n) is 2.34. The van der Waals surface area contributed by atoms with E-state index >= 15 is 0 Å². The Bertz CT molecular complexity index is 483. The summed E-state index contributed by atoms with van der Waals surface area (Å²) in [4.78, 5) is -0.0457. The van der Waals surface area contributed by atoms with Gasteiger partial charge < -0.3 is 4.42 Å². The summed E-state index contributed by atoms with van der Waals surface area (Å²) in [5.74, 6) is -0.202. The lowest BCUT2D eigenvalue weighted by molar-refractivity contribution is 0.565. The van der Waals surface area contributed by atoms with Gasteiger partial charge in [0.05, 0.1) is 6.26 Å². The molecule has 1 heterocycles. The molecule has 1 nitrogen and oxygen atoms in total. The highest BCUT2D eigenvalue weighted by Gasteiger charge is 2.15. The third kappa shape index (κ3) is 2.47. The van der Waals surface area contributed by atoms with Crippen LogP contribution in [0.25, 0.3) is 0 Å². The third-order valence-corrected chi connectivity index (χ3v) is 3.46. The van der Waals surface area contributed by atoms with Gasteiger partial charge in [-0.1, -0.05) is 34.1 Å². The summed E-state index contributed by atoms with van der Waals surface area (Å²) in [6.07, 6.45) is 2.05. The van der Waals surface area contributed by atoms with Crippen molar-refractivity contribution in [3.8, 4) is 0 Å². The molecule has 16 heavy (non-hydrogen) atoms. The van der Waals surface area contributed by atoms with Crippen molar-refractivity contribution in [2.24, 2.45) is 0 Å². The van der Waals surface area contributed by atoms with E-state index in [1.54, 1.807) is 18.2 Å². The molecule has 0 saturated heterocycles. The molecule has 1 unspecified atom stereocenters. The smallest absolute Gasteiger partial charge is 0.197 e. The van der Waals surface area contributed by atoms with E-state index < -0.39 is 0 Å². The molecule has 0 aliphatic heterocycles. The van der Waals surface area contributed by atoms with E-state index in [-0.39, 0.29) is 10.6 Å². The topological polar surface area (TPSA) is 13.1 Å². The number of furan rings is 1. The van der Waals surface area contributed by atoms with Crippen LogP contribution in [0.15, 0.2) is 41.0 Å². The Kier molecular flexibility index (Phi) is 3.66. The summed E-state index contributed by atoms with van der Waals surface area (Å²) in [5, 5.41) is 0.346. The molecule has 1 atom stereocenters. The number of benzene rings is 1. The first-order valence-corrected chi connectivity index (χ1v) is 6.08. The highest BCUT2D eigenvalue weighted by Crippen LogP contribution is 2.33. The van der Waals surface area contributed by atoms with E-state index in [9.17, 15) is 4.39 Å². The highest BCUT2D eigenvalue weighted by atomic mass is 79.9. The highest BCUT2D eigenvalue weighted by molar-refractivity contribution is 9.09. The molecule has 0 bridgehead atoms. The molecular formula is C12H9BrClFO. The summed E-state index contributed by atoms with van der Waals surface area (Å²) in [5.41, 5.74) is 1.49. The van der Waals surface area contributed by atoms with Gasteiger partial charge in [0.15, 0.2) is 5.22 Å². The van der Waals surface area contributed by atoms with E-state index in [0.29, 0.717) is 17.2 Å². The Morgan fingerprint density at radius 1 is 1.31 bits per heavy atom. The van der Waals surface area contributed by atoms with Gasteiger partial charge in [0.2, 0.25) is 0 Å². The molecule has 0 saturated carbocycles. The van der Waals surface area contributed by atoms with Crippen LogP contribution in [0.2, 0.25) is 5.22 Å². The minimum Gasteiger partial charge on any atom is -0.453 e. The zero-order chi connectivity index (χ0) is 11.5. The van der Waals surface area contributed by atoms with Gasteiger partial charge >= 0.3 is 0 Å². The molecule has 0 amide bonds. The first-order valence-electron chi connectivity index (χ1n) is 4.79. The predicted octanol–water partition coefficient (Wildman–Crippen LogP) is 4.75. The van der Waals surface area contributed by atoms with Gasteiger partial charge in [-0.25, -0.2) is 4.39 Å². The minimum absolute atomic E-state index is 0.0457.